The van der Waals surface area contributed by atoms with Crippen molar-refractivity contribution in [3.63, 3.8) is 0 Å². The highest BCUT2D eigenvalue weighted by Crippen LogP contribution is 2.50. The summed E-state index contributed by atoms with van der Waals surface area (Å²) in [7, 11) is 0. The van der Waals surface area contributed by atoms with Crippen LogP contribution in [0.4, 0.5) is 11.4 Å². The van der Waals surface area contributed by atoms with Gasteiger partial charge in [0.15, 0.2) is 5.76 Å². The Morgan fingerprint density at radius 3 is 2.03 bits per heavy atom. The van der Waals surface area contributed by atoms with Crippen molar-refractivity contribution in [2.45, 2.75) is 18.8 Å². The Bertz CT molecular complexity index is 3330. The molecule has 3 aliphatic rings. The lowest BCUT2D eigenvalue weighted by atomic mass is 9.75. The van der Waals surface area contributed by atoms with Crippen molar-refractivity contribution in [2.75, 3.05) is 4.90 Å². The first-order valence-corrected chi connectivity index (χ1v) is 21.8. The largest absolute Gasteiger partial charge is 0.456 e. The minimum atomic E-state index is 0.122. The van der Waals surface area contributed by atoms with Gasteiger partial charge in [0, 0.05) is 51.3 Å². The molecule has 0 bridgehead atoms. The van der Waals surface area contributed by atoms with Crippen LogP contribution in [0.5, 0.6) is 0 Å². The van der Waals surface area contributed by atoms with Crippen molar-refractivity contribution in [3.8, 4) is 33.7 Å². The fourth-order valence-corrected chi connectivity index (χ4v) is 9.70. The van der Waals surface area contributed by atoms with Crippen molar-refractivity contribution in [3.05, 3.63) is 241 Å². The zero-order valence-corrected chi connectivity index (χ0v) is 34.6. The van der Waals surface area contributed by atoms with Crippen LogP contribution in [-0.2, 0) is 0 Å². The molecule has 2 unspecified atom stereocenters. The van der Waals surface area contributed by atoms with E-state index in [0.29, 0.717) is 5.89 Å². The summed E-state index contributed by atoms with van der Waals surface area (Å²) in [5, 5.41) is 2.23. The average Bonchev–Trinajstić information content (AvgIpc) is 3.97. The van der Waals surface area contributed by atoms with E-state index in [-0.39, 0.29) is 11.8 Å². The summed E-state index contributed by atoms with van der Waals surface area (Å²) >= 11 is 0. The summed E-state index contributed by atoms with van der Waals surface area (Å²) in [4.78, 5) is 7.55. The molecule has 7 aromatic carbocycles. The molecule has 0 spiro atoms. The van der Waals surface area contributed by atoms with E-state index in [1.165, 1.54) is 27.8 Å². The van der Waals surface area contributed by atoms with Crippen LogP contribution < -0.4 is 4.90 Å². The monoisotopic (exact) mass is 810 g/mol. The Kier molecular flexibility index (Phi) is 9.07. The topological polar surface area (TPSA) is 42.4 Å². The highest BCUT2D eigenvalue weighted by Gasteiger charge is 2.33. The van der Waals surface area contributed by atoms with Gasteiger partial charge >= 0.3 is 0 Å². The zero-order chi connectivity index (χ0) is 41.7. The standard InChI is InChI=1S/C59H42N2O2/c1-4-15-39(16-5-1)41-27-29-43(30-28-41)59-60-58-52-25-11-10-23-48(52)54(38-57(58)63-59)49-33-31-46(36-53(49)42-19-8-3-9-20-42)61(45-22-14-21-44(35-45)40-17-6-2-7-18-40)47-32-34-51-50-24-12-13-26-55(50)62-56(51)37-47/h1-20,22,24-38,44,48H,21,23H2. The first-order chi connectivity index (χ1) is 31.2. The highest BCUT2D eigenvalue weighted by molar-refractivity contribution is 6.06. The third-order valence-corrected chi connectivity index (χ3v) is 12.8. The summed E-state index contributed by atoms with van der Waals surface area (Å²) in [6, 6.07) is 62.4. The second kappa shape index (κ2) is 15.5. The maximum absolute atomic E-state index is 6.70. The van der Waals surface area contributed by atoms with Crippen LogP contribution in [0.15, 0.2) is 227 Å². The van der Waals surface area contributed by atoms with E-state index >= 15 is 0 Å². The van der Waals surface area contributed by atoms with Gasteiger partial charge in [-0.15, -0.1) is 0 Å². The van der Waals surface area contributed by atoms with E-state index in [1.807, 2.05) is 18.2 Å². The number of allylic oxidation sites excluding steroid dienone is 8. The number of oxazole rings is 1. The van der Waals surface area contributed by atoms with Crippen LogP contribution in [0, 0.1) is 5.92 Å². The number of hydrogen-bond acceptors (Lipinski definition) is 4. The van der Waals surface area contributed by atoms with Crippen LogP contribution in [0.2, 0.25) is 0 Å². The third kappa shape index (κ3) is 6.68. The fourth-order valence-electron chi connectivity index (χ4n) is 9.70. The van der Waals surface area contributed by atoms with E-state index in [9.17, 15) is 0 Å². The SMILES string of the molecule is C1=CCC2C(c3ccc(N(C4=CC(c5ccccc5)CC=C4)c4ccc5c(c4)oc4ccccc45)cc3-c3ccccc3)=Cc3oc(-c4ccc(-c5ccccc5)cc4)nc3C2=C1. The molecule has 0 fully saturated rings. The number of furan rings is 1. The molecule has 0 saturated carbocycles. The van der Waals surface area contributed by atoms with Crippen molar-refractivity contribution in [2.24, 2.45) is 5.92 Å². The molecule has 9 aromatic rings. The van der Waals surface area contributed by atoms with Gasteiger partial charge in [-0.1, -0.05) is 158 Å². The maximum atomic E-state index is 6.70. The van der Waals surface area contributed by atoms with Crippen LogP contribution in [-0.4, -0.2) is 4.98 Å². The quantitative estimate of drug-likeness (QED) is 0.153. The number of para-hydroxylation sites is 1. The number of aromatic nitrogens is 1. The van der Waals surface area contributed by atoms with Gasteiger partial charge in [0.2, 0.25) is 5.89 Å². The van der Waals surface area contributed by atoms with Crippen LogP contribution >= 0.6 is 0 Å². The van der Waals surface area contributed by atoms with Crippen molar-refractivity contribution in [1.82, 2.24) is 4.98 Å². The van der Waals surface area contributed by atoms with Gasteiger partial charge in [0.25, 0.3) is 0 Å². The van der Waals surface area contributed by atoms with Crippen molar-refractivity contribution < 1.29 is 8.83 Å². The molecule has 2 heterocycles. The van der Waals surface area contributed by atoms with Gasteiger partial charge in [-0.3, -0.25) is 0 Å². The average molecular weight is 811 g/mol. The van der Waals surface area contributed by atoms with Gasteiger partial charge < -0.3 is 13.7 Å². The van der Waals surface area contributed by atoms with Crippen molar-refractivity contribution in [1.29, 1.82) is 0 Å². The Balaban J connectivity index is 0.999. The van der Waals surface area contributed by atoms with Crippen molar-refractivity contribution >= 4 is 50.5 Å². The number of rotatable bonds is 8. The minimum absolute atomic E-state index is 0.122. The molecule has 0 amide bonds. The minimum Gasteiger partial charge on any atom is -0.456 e. The lowest BCUT2D eigenvalue weighted by Gasteiger charge is -2.32. The smallest absolute Gasteiger partial charge is 0.227 e. The predicted molar refractivity (Wildman–Crippen MR) is 259 cm³/mol. The summed E-state index contributed by atoms with van der Waals surface area (Å²) in [5.41, 5.74) is 16.4. The van der Waals surface area contributed by atoms with E-state index < -0.39 is 0 Å². The van der Waals surface area contributed by atoms with Gasteiger partial charge in [-0.2, -0.15) is 0 Å². The lowest BCUT2D eigenvalue weighted by Crippen LogP contribution is -2.18. The number of fused-ring (bicyclic) bond motifs is 6. The van der Waals surface area contributed by atoms with E-state index in [1.54, 1.807) is 0 Å². The molecular formula is C59H42N2O2. The summed E-state index contributed by atoms with van der Waals surface area (Å²) in [5.74, 6) is 1.79. The lowest BCUT2D eigenvalue weighted by molar-refractivity contribution is 0.562. The molecule has 3 aliphatic carbocycles. The molecule has 0 N–H and O–H groups in total. The van der Waals surface area contributed by atoms with E-state index in [4.69, 9.17) is 13.8 Å². The molecule has 0 aliphatic heterocycles. The van der Waals surface area contributed by atoms with E-state index in [2.05, 4.69) is 205 Å². The molecule has 4 nitrogen and oxygen atoms in total. The van der Waals surface area contributed by atoms with Gasteiger partial charge in [-0.25, -0.2) is 4.98 Å². The Morgan fingerprint density at radius 1 is 0.524 bits per heavy atom. The maximum Gasteiger partial charge on any atom is 0.227 e. The summed E-state index contributed by atoms with van der Waals surface area (Å²) in [6.07, 6.45) is 17.7. The second-order valence-electron chi connectivity index (χ2n) is 16.6. The van der Waals surface area contributed by atoms with Gasteiger partial charge in [-0.05, 0) is 112 Å². The van der Waals surface area contributed by atoms with E-state index in [0.717, 1.165) is 85.6 Å². The highest BCUT2D eigenvalue weighted by atomic mass is 16.4. The summed E-state index contributed by atoms with van der Waals surface area (Å²) < 4.78 is 13.2. The fraction of sp³-hybridized carbons (Fsp3) is 0.0678. The first-order valence-electron chi connectivity index (χ1n) is 21.8. The molecule has 63 heavy (non-hydrogen) atoms. The molecule has 2 atom stereocenters. The number of nitrogens with zero attached hydrogens (tertiary/aromatic N) is 2. The molecule has 0 radical (unpaired) electrons. The van der Waals surface area contributed by atoms with Crippen LogP contribution in [0.3, 0.4) is 0 Å². The zero-order valence-electron chi connectivity index (χ0n) is 34.6. The predicted octanol–water partition coefficient (Wildman–Crippen LogP) is 15.9. The number of anilines is 2. The van der Waals surface area contributed by atoms with Gasteiger partial charge in [0.1, 0.15) is 16.9 Å². The molecule has 2 aromatic heterocycles. The number of hydrogen-bond donors (Lipinski definition) is 0. The number of benzene rings is 7. The second-order valence-corrected chi connectivity index (χ2v) is 16.6. The molecular weight excluding hydrogens is 769 g/mol. The first kappa shape index (κ1) is 36.9. The van der Waals surface area contributed by atoms with Crippen LogP contribution in [0.25, 0.3) is 72.9 Å². The van der Waals surface area contributed by atoms with Crippen LogP contribution in [0.1, 0.15) is 41.3 Å². The molecule has 0 saturated heterocycles. The normalized spacial score (nSPS) is 16.6. The summed E-state index contributed by atoms with van der Waals surface area (Å²) in [6.45, 7) is 0. The third-order valence-electron chi connectivity index (χ3n) is 12.8. The molecule has 12 rings (SSSR count). The Hall–Kier alpha value is -7.95. The Labute approximate surface area is 366 Å². The Morgan fingerprint density at radius 2 is 1.21 bits per heavy atom. The molecule has 300 valence electrons. The van der Waals surface area contributed by atoms with Gasteiger partial charge in [0.05, 0.1) is 0 Å². The molecule has 4 heteroatoms.